The first kappa shape index (κ1) is 25.5. The number of urea groups is 1. The molecule has 4 rings (SSSR count). The maximum absolute atomic E-state index is 13.7. The van der Waals surface area contributed by atoms with Crippen molar-refractivity contribution in [2.75, 3.05) is 13.1 Å². The number of piperidine rings is 1. The van der Waals surface area contributed by atoms with E-state index in [-0.39, 0.29) is 23.9 Å². The number of amides is 3. The molecule has 35 heavy (non-hydrogen) atoms. The smallest absolute Gasteiger partial charge is 0.315 e. The van der Waals surface area contributed by atoms with Gasteiger partial charge >= 0.3 is 6.03 Å². The Labute approximate surface area is 213 Å². The van der Waals surface area contributed by atoms with Gasteiger partial charge in [0.25, 0.3) is 0 Å². The van der Waals surface area contributed by atoms with Crippen LogP contribution in [0.5, 0.6) is 0 Å². The second-order valence-electron chi connectivity index (χ2n) is 10.6. The zero-order chi connectivity index (χ0) is 25.1. The average Bonchev–Trinajstić information content (AvgIpc) is 2.85. The summed E-state index contributed by atoms with van der Waals surface area (Å²) in [6, 6.07) is 16.7. The number of hydrogen-bond donors (Lipinski definition) is 3. The van der Waals surface area contributed by atoms with Crippen LogP contribution in [0.25, 0.3) is 0 Å². The Kier molecular flexibility index (Phi) is 7.72. The number of nitrogens with one attached hydrogen (secondary N) is 2. The molecule has 1 heterocycles. The van der Waals surface area contributed by atoms with E-state index in [4.69, 9.17) is 11.6 Å². The van der Waals surface area contributed by atoms with E-state index >= 15 is 0 Å². The fraction of sp³-hybridized carbons (Fsp3) is 0.500. The maximum Gasteiger partial charge on any atom is 0.315 e. The second kappa shape index (κ2) is 10.6. The van der Waals surface area contributed by atoms with E-state index in [1.807, 2.05) is 61.2 Å². The number of hydrogen-bond acceptors (Lipinski definition) is 3. The molecule has 0 unspecified atom stereocenters. The summed E-state index contributed by atoms with van der Waals surface area (Å²) >= 11 is 6.05. The molecule has 0 aromatic heterocycles. The Hall–Kier alpha value is -2.57. The van der Waals surface area contributed by atoms with Gasteiger partial charge in [-0.3, -0.25) is 4.79 Å². The molecule has 0 radical (unpaired) electrons. The van der Waals surface area contributed by atoms with Gasteiger partial charge in [-0.1, -0.05) is 80.8 Å². The highest BCUT2D eigenvalue weighted by Crippen LogP contribution is 2.46. The van der Waals surface area contributed by atoms with Crippen LogP contribution in [0.2, 0.25) is 5.02 Å². The molecule has 2 fully saturated rings. The van der Waals surface area contributed by atoms with Crippen LogP contribution in [-0.2, 0) is 16.9 Å². The van der Waals surface area contributed by atoms with E-state index in [0.717, 1.165) is 36.8 Å². The lowest BCUT2D eigenvalue weighted by molar-refractivity contribution is -0.158. The zero-order valence-corrected chi connectivity index (χ0v) is 21.4. The van der Waals surface area contributed by atoms with Crippen molar-refractivity contribution in [2.24, 2.45) is 11.3 Å². The molecular weight excluding hydrogens is 462 g/mol. The van der Waals surface area contributed by atoms with Crippen LogP contribution in [0.4, 0.5) is 4.79 Å². The number of aliphatic hydroxyl groups is 1. The molecule has 0 bridgehead atoms. The standard InChI is InChI=1S/C28H36ClN3O3/c1-27(2)19-32(17-16-28(27,35)21-12-14-22(29)15-13-21)25(33)23-10-6-7-11-24(23)31-26(34)30-18-20-8-4-3-5-9-20/h3-5,8-9,12-15,23-24,35H,6-7,10-11,16-19H2,1-2H3,(H2,30,31,34)/t23-,24+,28-/m0/s1. The van der Waals surface area contributed by atoms with Crippen molar-refractivity contribution >= 4 is 23.5 Å². The molecule has 188 valence electrons. The van der Waals surface area contributed by atoms with Crippen LogP contribution in [0, 0.1) is 11.3 Å². The monoisotopic (exact) mass is 497 g/mol. The van der Waals surface area contributed by atoms with Crippen molar-refractivity contribution in [2.45, 2.75) is 64.1 Å². The Morgan fingerprint density at radius 1 is 1.06 bits per heavy atom. The summed E-state index contributed by atoms with van der Waals surface area (Å²) < 4.78 is 0. The van der Waals surface area contributed by atoms with E-state index in [0.29, 0.717) is 31.1 Å². The molecule has 1 aliphatic carbocycles. The van der Waals surface area contributed by atoms with Crippen molar-refractivity contribution in [3.63, 3.8) is 0 Å². The summed E-state index contributed by atoms with van der Waals surface area (Å²) in [5.74, 6) is -0.173. The van der Waals surface area contributed by atoms with Gasteiger partial charge in [0.05, 0.1) is 11.5 Å². The van der Waals surface area contributed by atoms with Gasteiger partial charge in [0.2, 0.25) is 5.91 Å². The lowest BCUT2D eigenvalue weighted by Crippen LogP contribution is -2.59. The molecule has 2 aliphatic rings. The number of nitrogens with zero attached hydrogens (tertiary/aromatic N) is 1. The van der Waals surface area contributed by atoms with Crippen molar-refractivity contribution in [1.82, 2.24) is 15.5 Å². The lowest BCUT2D eigenvalue weighted by Gasteiger charge is -2.51. The highest BCUT2D eigenvalue weighted by Gasteiger charge is 2.50. The second-order valence-corrected chi connectivity index (χ2v) is 11.0. The molecule has 3 N–H and O–H groups in total. The topological polar surface area (TPSA) is 81.7 Å². The molecule has 1 aliphatic heterocycles. The predicted octanol–water partition coefficient (Wildman–Crippen LogP) is 4.84. The number of likely N-dealkylation sites (tertiary alicyclic amines) is 1. The highest BCUT2D eigenvalue weighted by molar-refractivity contribution is 6.30. The summed E-state index contributed by atoms with van der Waals surface area (Å²) in [5, 5.41) is 18.3. The van der Waals surface area contributed by atoms with Gasteiger partial charge in [0.15, 0.2) is 0 Å². The van der Waals surface area contributed by atoms with Gasteiger partial charge in [-0.2, -0.15) is 0 Å². The summed E-state index contributed by atoms with van der Waals surface area (Å²) in [5.41, 5.74) is 0.268. The third-order valence-electron chi connectivity index (χ3n) is 7.78. The van der Waals surface area contributed by atoms with Crippen LogP contribution in [-0.4, -0.2) is 41.1 Å². The zero-order valence-electron chi connectivity index (χ0n) is 20.6. The van der Waals surface area contributed by atoms with Gasteiger partial charge < -0.3 is 20.6 Å². The fourth-order valence-corrected chi connectivity index (χ4v) is 5.73. The van der Waals surface area contributed by atoms with Crippen LogP contribution in [0.1, 0.15) is 57.1 Å². The van der Waals surface area contributed by atoms with Gasteiger partial charge in [-0.15, -0.1) is 0 Å². The van der Waals surface area contributed by atoms with E-state index in [2.05, 4.69) is 10.6 Å². The first-order chi connectivity index (χ1) is 16.7. The van der Waals surface area contributed by atoms with Crippen LogP contribution in [0.3, 0.4) is 0 Å². The number of halogens is 1. The molecule has 1 saturated carbocycles. The summed E-state index contributed by atoms with van der Waals surface area (Å²) in [4.78, 5) is 28.2. The minimum absolute atomic E-state index is 0.0734. The third-order valence-corrected chi connectivity index (χ3v) is 8.03. The Balaban J connectivity index is 1.40. The number of carbonyl (C=O) groups excluding carboxylic acids is 2. The van der Waals surface area contributed by atoms with Crippen LogP contribution in [0.15, 0.2) is 54.6 Å². The quantitative estimate of drug-likeness (QED) is 0.552. The average molecular weight is 498 g/mol. The number of benzene rings is 2. The Bertz CT molecular complexity index is 1030. The molecular formula is C28H36ClN3O3. The summed E-state index contributed by atoms with van der Waals surface area (Å²) in [6.45, 7) is 5.39. The van der Waals surface area contributed by atoms with Gasteiger partial charge in [-0.25, -0.2) is 4.79 Å². The van der Waals surface area contributed by atoms with E-state index in [1.54, 1.807) is 12.1 Å². The van der Waals surface area contributed by atoms with Gasteiger partial charge in [0, 0.05) is 36.1 Å². The molecule has 3 amide bonds. The molecule has 7 heteroatoms. The molecule has 0 spiro atoms. The molecule has 6 nitrogen and oxygen atoms in total. The first-order valence-corrected chi connectivity index (χ1v) is 12.9. The molecule has 2 aromatic rings. The minimum atomic E-state index is -1.05. The minimum Gasteiger partial charge on any atom is -0.384 e. The Morgan fingerprint density at radius 2 is 1.74 bits per heavy atom. The van der Waals surface area contributed by atoms with Crippen molar-refractivity contribution < 1.29 is 14.7 Å². The normalized spacial score (nSPS) is 26.1. The maximum atomic E-state index is 13.7. The predicted molar refractivity (Wildman–Crippen MR) is 138 cm³/mol. The molecule has 2 aromatic carbocycles. The summed E-state index contributed by atoms with van der Waals surface area (Å²) in [7, 11) is 0. The van der Waals surface area contributed by atoms with E-state index < -0.39 is 11.0 Å². The molecule has 3 atom stereocenters. The Morgan fingerprint density at radius 3 is 2.43 bits per heavy atom. The fourth-order valence-electron chi connectivity index (χ4n) is 5.60. The van der Waals surface area contributed by atoms with Crippen molar-refractivity contribution in [1.29, 1.82) is 0 Å². The van der Waals surface area contributed by atoms with E-state index in [1.165, 1.54) is 0 Å². The SMILES string of the molecule is CC1(C)CN(C(=O)[C@H]2CCCC[C@H]2NC(=O)NCc2ccccc2)CC[C@]1(O)c1ccc(Cl)cc1. The van der Waals surface area contributed by atoms with Crippen molar-refractivity contribution in [3.05, 3.63) is 70.7 Å². The highest BCUT2D eigenvalue weighted by atomic mass is 35.5. The summed E-state index contributed by atoms with van der Waals surface area (Å²) in [6.07, 6.45) is 3.99. The van der Waals surface area contributed by atoms with Crippen LogP contribution < -0.4 is 10.6 Å². The molecule has 1 saturated heterocycles. The number of carbonyl (C=O) groups is 2. The van der Waals surface area contributed by atoms with Crippen molar-refractivity contribution in [3.8, 4) is 0 Å². The largest absolute Gasteiger partial charge is 0.384 e. The van der Waals surface area contributed by atoms with E-state index in [9.17, 15) is 14.7 Å². The van der Waals surface area contributed by atoms with Gasteiger partial charge in [0.1, 0.15) is 0 Å². The van der Waals surface area contributed by atoms with Gasteiger partial charge in [-0.05, 0) is 42.5 Å². The first-order valence-electron chi connectivity index (χ1n) is 12.6. The number of rotatable bonds is 5. The lowest BCUT2D eigenvalue weighted by atomic mass is 9.66. The third kappa shape index (κ3) is 5.65. The van der Waals surface area contributed by atoms with Crippen LogP contribution >= 0.6 is 11.6 Å².